The van der Waals surface area contributed by atoms with E-state index in [1.54, 1.807) is 7.11 Å². The van der Waals surface area contributed by atoms with Crippen LogP contribution >= 0.6 is 0 Å². The van der Waals surface area contributed by atoms with Crippen molar-refractivity contribution in [1.82, 2.24) is 14.6 Å². The molecule has 6 heteroatoms. The fraction of sp³-hybridized carbons (Fsp3) is 0.316. The van der Waals surface area contributed by atoms with Crippen LogP contribution in [-0.2, 0) is 0 Å². The number of hydrogen-bond acceptors (Lipinski definition) is 4. The minimum atomic E-state index is -0.178. The van der Waals surface area contributed by atoms with Gasteiger partial charge in [0.2, 0.25) is 0 Å². The number of fused-ring (bicyclic) bond motifs is 1. The van der Waals surface area contributed by atoms with Gasteiger partial charge in [-0.25, -0.2) is 9.50 Å². The molecule has 0 fully saturated rings. The van der Waals surface area contributed by atoms with Gasteiger partial charge in [0.15, 0.2) is 5.65 Å². The number of nitrogens with zero attached hydrogens (tertiary/aromatic N) is 3. The summed E-state index contributed by atoms with van der Waals surface area (Å²) in [5.41, 5.74) is 4.55. The molecular weight excluding hydrogens is 316 g/mol. The van der Waals surface area contributed by atoms with E-state index in [0.29, 0.717) is 22.5 Å². The molecule has 0 aliphatic carbocycles. The quantitative estimate of drug-likeness (QED) is 0.795. The number of aromatic amines is 1. The topological polar surface area (TPSA) is 83.2 Å². The Morgan fingerprint density at radius 3 is 2.44 bits per heavy atom. The van der Waals surface area contributed by atoms with Crippen LogP contribution in [0, 0.1) is 25.2 Å². The summed E-state index contributed by atoms with van der Waals surface area (Å²) in [6.07, 6.45) is 1.50. The Balaban J connectivity index is 2.41. The standard InChI is InChI=1S/C19H20N4O2/c1-10(2)15-16(13-6-11(3)17(25-5)12(4)7-13)22-18-14(8-20)9-21-23(18)19(15)24/h6-7,9-10,21H,1-5H3. The average Bonchev–Trinajstić information content (AvgIpc) is 2.97. The Labute approximate surface area is 145 Å². The molecule has 0 aliphatic rings. The summed E-state index contributed by atoms with van der Waals surface area (Å²) < 4.78 is 6.76. The third kappa shape index (κ3) is 2.58. The van der Waals surface area contributed by atoms with Gasteiger partial charge in [-0.1, -0.05) is 13.8 Å². The third-order valence-corrected chi connectivity index (χ3v) is 4.33. The Morgan fingerprint density at radius 1 is 1.28 bits per heavy atom. The lowest BCUT2D eigenvalue weighted by molar-refractivity contribution is 0.408. The van der Waals surface area contributed by atoms with Crippen molar-refractivity contribution in [3.05, 3.63) is 50.9 Å². The second-order valence-corrected chi connectivity index (χ2v) is 6.44. The molecule has 1 N–H and O–H groups in total. The molecule has 0 saturated carbocycles. The van der Waals surface area contributed by atoms with Gasteiger partial charge < -0.3 is 4.74 Å². The largest absolute Gasteiger partial charge is 0.496 e. The highest BCUT2D eigenvalue weighted by Crippen LogP contribution is 2.32. The van der Waals surface area contributed by atoms with Crippen LogP contribution in [0.5, 0.6) is 5.75 Å². The minimum Gasteiger partial charge on any atom is -0.496 e. The highest BCUT2D eigenvalue weighted by atomic mass is 16.5. The van der Waals surface area contributed by atoms with Crippen molar-refractivity contribution in [2.75, 3.05) is 7.11 Å². The molecular formula is C19H20N4O2. The van der Waals surface area contributed by atoms with Crippen LogP contribution in [-0.4, -0.2) is 21.7 Å². The lowest BCUT2D eigenvalue weighted by Crippen LogP contribution is -2.22. The van der Waals surface area contributed by atoms with Crippen LogP contribution in [0.3, 0.4) is 0 Å². The van der Waals surface area contributed by atoms with E-state index >= 15 is 0 Å². The predicted octanol–water partition coefficient (Wildman–Crippen LogP) is 3.31. The van der Waals surface area contributed by atoms with Gasteiger partial charge in [0.05, 0.1) is 12.8 Å². The van der Waals surface area contributed by atoms with E-state index in [1.807, 2.05) is 39.8 Å². The maximum absolute atomic E-state index is 12.9. The molecule has 128 valence electrons. The molecule has 0 bridgehead atoms. The van der Waals surface area contributed by atoms with Gasteiger partial charge in [-0.05, 0) is 43.0 Å². The Bertz CT molecular complexity index is 1040. The molecule has 6 nitrogen and oxygen atoms in total. The molecule has 25 heavy (non-hydrogen) atoms. The zero-order chi connectivity index (χ0) is 18.3. The Hall–Kier alpha value is -3.07. The van der Waals surface area contributed by atoms with Crippen LogP contribution in [0.4, 0.5) is 0 Å². The van der Waals surface area contributed by atoms with E-state index in [4.69, 9.17) is 4.74 Å². The van der Waals surface area contributed by atoms with Crippen LogP contribution in [0.2, 0.25) is 0 Å². The molecule has 3 aromatic rings. The first-order valence-corrected chi connectivity index (χ1v) is 8.08. The lowest BCUT2D eigenvalue weighted by atomic mass is 9.95. The average molecular weight is 336 g/mol. The molecule has 2 heterocycles. The molecule has 0 aliphatic heterocycles. The van der Waals surface area contributed by atoms with Crippen LogP contribution < -0.4 is 10.3 Å². The monoisotopic (exact) mass is 336 g/mol. The zero-order valence-electron chi connectivity index (χ0n) is 15.0. The van der Waals surface area contributed by atoms with E-state index in [0.717, 1.165) is 22.4 Å². The van der Waals surface area contributed by atoms with Crippen molar-refractivity contribution < 1.29 is 4.74 Å². The third-order valence-electron chi connectivity index (χ3n) is 4.33. The van der Waals surface area contributed by atoms with Crippen LogP contribution in [0.1, 0.15) is 42.0 Å². The first-order valence-electron chi connectivity index (χ1n) is 8.08. The van der Waals surface area contributed by atoms with Crippen LogP contribution in [0.25, 0.3) is 16.9 Å². The van der Waals surface area contributed by atoms with Gasteiger partial charge in [-0.2, -0.15) is 5.26 Å². The number of ether oxygens (including phenoxy) is 1. The van der Waals surface area contributed by atoms with E-state index in [1.165, 1.54) is 10.7 Å². The van der Waals surface area contributed by atoms with Gasteiger partial charge in [-0.15, -0.1) is 0 Å². The van der Waals surface area contributed by atoms with Gasteiger partial charge in [0, 0.05) is 17.3 Å². The van der Waals surface area contributed by atoms with E-state index < -0.39 is 0 Å². The molecule has 3 rings (SSSR count). The van der Waals surface area contributed by atoms with Crippen molar-refractivity contribution in [2.45, 2.75) is 33.6 Å². The van der Waals surface area contributed by atoms with Crippen molar-refractivity contribution in [2.24, 2.45) is 0 Å². The summed E-state index contributed by atoms with van der Waals surface area (Å²) in [6.45, 7) is 7.86. The van der Waals surface area contributed by atoms with Crippen LogP contribution in [0.15, 0.2) is 23.1 Å². The number of aryl methyl sites for hydroxylation is 2. The molecule has 2 aromatic heterocycles. The molecule has 0 spiro atoms. The van der Waals surface area contributed by atoms with Gasteiger partial charge in [0.25, 0.3) is 5.56 Å². The second kappa shape index (κ2) is 6.10. The predicted molar refractivity (Wildman–Crippen MR) is 96.1 cm³/mol. The summed E-state index contributed by atoms with van der Waals surface area (Å²) in [7, 11) is 1.64. The minimum absolute atomic E-state index is 0.0107. The number of H-pyrrole nitrogens is 1. The molecule has 1 aromatic carbocycles. The van der Waals surface area contributed by atoms with E-state index in [2.05, 4.69) is 16.2 Å². The molecule has 0 atom stereocenters. The molecule has 0 unspecified atom stereocenters. The van der Waals surface area contributed by atoms with Gasteiger partial charge >= 0.3 is 0 Å². The number of aromatic nitrogens is 3. The first kappa shape index (κ1) is 16.8. The summed E-state index contributed by atoms with van der Waals surface area (Å²) in [5.74, 6) is 0.815. The smallest absolute Gasteiger partial charge is 0.276 e. The van der Waals surface area contributed by atoms with E-state index in [9.17, 15) is 10.1 Å². The zero-order valence-corrected chi connectivity index (χ0v) is 15.0. The summed E-state index contributed by atoms with van der Waals surface area (Å²) in [6, 6.07) is 6.01. The highest BCUT2D eigenvalue weighted by molar-refractivity contribution is 5.70. The number of nitrogens with one attached hydrogen (secondary N) is 1. The van der Waals surface area contributed by atoms with Crippen molar-refractivity contribution in [3.63, 3.8) is 0 Å². The maximum Gasteiger partial charge on any atom is 0.276 e. The SMILES string of the molecule is COc1c(C)cc(-c2nc3c(C#N)c[nH]n3c(=O)c2C(C)C)cc1C. The molecule has 0 saturated heterocycles. The number of hydrogen-bond donors (Lipinski definition) is 1. The summed E-state index contributed by atoms with van der Waals surface area (Å²) >= 11 is 0. The van der Waals surface area contributed by atoms with Gasteiger partial charge in [0.1, 0.15) is 17.4 Å². The summed E-state index contributed by atoms with van der Waals surface area (Å²) in [5, 5.41) is 12.1. The second-order valence-electron chi connectivity index (χ2n) is 6.44. The Kier molecular flexibility index (Phi) is 4.09. The highest BCUT2D eigenvalue weighted by Gasteiger charge is 2.20. The first-order chi connectivity index (χ1) is 11.9. The lowest BCUT2D eigenvalue weighted by Gasteiger charge is -2.15. The fourth-order valence-electron chi connectivity index (χ4n) is 3.26. The Morgan fingerprint density at radius 2 is 1.92 bits per heavy atom. The number of nitriles is 1. The van der Waals surface area contributed by atoms with Crippen molar-refractivity contribution in [1.29, 1.82) is 5.26 Å². The molecule has 0 amide bonds. The summed E-state index contributed by atoms with van der Waals surface area (Å²) in [4.78, 5) is 17.6. The maximum atomic E-state index is 12.9. The molecule has 0 radical (unpaired) electrons. The van der Waals surface area contributed by atoms with Crippen molar-refractivity contribution >= 4 is 5.65 Å². The number of benzene rings is 1. The van der Waals surface area contributed by atoms with E-state index in [-0.39, 0.29) is 11.5 Å². The van der Waals surface area contributed by atoms with Crippen molar-refractivity contribution in [3.8, 4) is 23.1 Å². The number of methoxy groups -OCH3 is 1. The van der Waals surface area contributed by atoms with Gasteiger partial charge in [-0.3, -0.25) is 9.89 Å². The number of rotatable bonds is 3. The fourth-order valence-corrected chi connectivity index (χ4v) is 3.26. The normalized spacial score (nSPS) is 11.1.